The van der Waals surface area contributed by atoms with Crippen LogP contribution in [0.3, 0.4) is 0 Å². The number of hydrogen-bond acceptors (Lipinski definition) is 7. The van der Waals surface area contributed by atoms with Crippen LogP contribution in [0, 0.1) is 0 Å². The minimum Gasteiger partial charge on any atom is -0.397 e. The lowest BCUT2D eigenvalue weighted by molar-refractivity contribution is -0.253. The number of nitrogens with one attached hydrogen (secondary N) is 2. The molecule has 4 aromatic carbocycles. The molecule has 0 aliphatic carbocycles. The number of nitrogens with zero attached hydrogens (tertiary/aromatic N) is 1. The Bertz CT molecular complexity index is 1890. The molecule has 9 heteroatoms. The van der Waals surface area contributed by atoms with Crippen molar-refractivity contribution < 1.29 is 24.2 Å². The number of aliphatic hydroxyl groups excluding tert-OH is 1. The molecule has 5 rings (SSSR count). The molecular weight excluding hydrogens is 773 g/mol. The van der Waals surface area contributed by atoms with E-state index < -0.39 is 6.29 Å². The number of rotatable bonds is 28. The third kappa shape index (κ3) is 17.0. The summed E-state index contributed by atoms with van der Waals surface area (Å²) in [5, 5.41) is 15.6. The Kier molecular flexibility index (Phi) is 21.5. The number of carbonyl (C=O) groups is 2. The Hall–Kier alpha value is -4.54. The molecule has 1 fully saturated rings. The lowest BCUT2D eigenvalue weighted by atomic mass is 9.98. The average Bonchev–Trinajstić information content (AvgIpc) is 3.30. The second kappa shape index (κ2) is 27.5. The molecule has 5 N–H and O–H groups in total. The van der Waals surface area contributed by atoms with Crippen molar-refractivity contribution in [3.05, 3.63) is 119 Å². The molecular formula is C53H74N4O5. The van der Waals surface area contributed by atoms with Crippen LogP contribution in [0.2, 0.25) is 0 Å². The van der Waals surface area contributed by atoms with Crippen LogP contribution in [0.1, 0.15) is 158 Å². The van der Waals surface area contributed by atoms with E-state index in [0.29, 0.717) is 43.6 Å². The monoisotopic (exact) mass is 847 g/mol. The van der Waals surface area contributed by atoms with Crippen LogP contribution in [0.15, 0.2) is 97.1 Å². The van der Waals surface area contributed by atoms with Crippen molar-refractivity contribution in [1.82, 2.24) is 10.2 Å². The van der Waals surface area contributed by atoms with Crippen molar-refractivity contribution in [2.75, 3.05) is 30.7 Å². The smallest absolute Gasteiger partial charge is 0.224 e. The molecule has 1 aliphatic heterocycles. The number of nitrogen functional groups attached to an aromatic ring is 1. The highest BCUT2D eigenvalue weighted by atomic mass is 16.7. The molecule has 9 nitrogen and oxygen atoms in total. The molecule has 0 unspecified atom stereocenters. The first-order chi connectivity index (χ1) is 30.3. The maximum absolute atomic E-state index is 12.8. The Morgan fingerprint density at radius 1 is 0.661 bits per heavy atom. The number of amides is 2. The van der Waals surface area contributed by atoms with Gasteiger partial charge >= 0.3 is 0 Å². The summed E-state index contributed by atoms with van der Waals surface area (Å²) >= 11 is 0. The first kappa shape index (κ1) is 48.5. The van der Waals surface area contributed by atoms with E-state index in [1.54, 1.807) is 12.1 Å². The number of hydrogen-bond donors (Lipinski definition) is 4. The van der Waals surface area contributed by atoms with Crippen LogP contribution in [0.4, 0.5) is 11.4 Å². The van der Waals surface area contributed by atoms with Crippen molar-refractivity contribution >= 4 is 23.2 Å². The summed E-state index contributed by atoms with van der Waals surface area (Å²) in [6, 6.07) is 32.1. The van der Waals surface area contributed by atoms with E-state index in [1.165, 1.54) is 77.0 Å². The lowest BCUT2D eigenvalue weighted by Crippen LogP contribution is -2.40. The number of anilines is 2. The molecule has 1 aliphatic rings. The molecule has 0 radical (unpaired) electrons. The minimum atomic E-state index is -0.536. The van der Waals surface area contributed by atoms with Crippen LogP contribution >= 0.6 is 0 Å². The largest absolute Gasteiger partial charge is 0.397 e. The van der Waals surface area contributed by atoms with E-state index in [2.05, 4.69) is 77.9 Å². The Morgan fingerprint density at radius 3 is 1.97 bits per heavy atom. The number of nitrogens with two attached hydrogens (primary N) is 1. The first-order valence-electron chi connectivity index (χ1n) is 23.7. The summed E-state index contributed by atoms with van der Waals surface area (Å²) in [6.07, 6.45) is 17.4. The first-order valence-corrected chi connectivity index (χ1v) is 23.7. The topological polar surface area (TPSA) is 126 Å². The fourth-order valence-electron chi connectivity index (χ4n) is 8.26. The van der Waals surface area contributed by atoms with Gasteiger partial charge in [-0.3, -0.25) is 9.59 Å². The zero-order valence-corrected chi connectivity index (χ0v) is 37.6. The SMILES string of the molecule is CCCCCCCCN(CCCCCCCC)C[C@@H]1C[C@H](c2ccc(CO)cc2)O[C@H](c2cccc(-c3cccc(CNC(=O)CCCCC(=O)Nc4ccccc4N)c3)c2)O1. The predicted octanol–water partition coefficient (Wildman–Crippen LogP) is 11.8. The van der Waals surface area contributed by atoms with E-state index in [4.69, 9.17) is 15.2 Å². The van der Waals surface area contributed by atoms with Crippen LogP contribution < -0.4 is 16.4 Å². The Labute approximate surface area is 372 Å². The highest BCUT2D eigenvalue weighted by Gasteiger charge is 2.33. The number of aliphatic hydroxyl groups is 1. The fourth-order valence-corrected chi connectivity index (χ4v) is 8.26. The highest BCUT2D eigenvalue weighted by molar-refractivity contribution is 5.93. The van der Waals surface area contributed by atoms with Crippen molar-refractivity contribution in [2.24, 2.45) is 0 Å². The standard InChI is InChI=1S/C53H74N4O5/c1-3-5-7-9-11-17-33-57(34-18-12-10-8-6-4-2)39-47-37-50(43-31-29-41(40-58)30-32-43)62-53(61-47)46-24-20-23-45(36-46)44-22-19-21-42(35-44)38-55-51(59)27-15-16-28-52(60)56-49-26-14-13-25-48(49)54/h13-14,19-26,29-32,35-36,47,50,53,58H,3-12,15-18,27-28,33-34,37-40,54H2,1-2H3,(H,55,59)(H,56,60)/t47-,50+,53+/m0/s1. The minimum absolute atomic E-state index is 0.00198. The summed E-state index contributed by atoms with van der Waals surface area (Å²) in [5.41, 5.74) is 13.2. The number of carbonyl (C=O) groups excluding carboxylic acids is 2. The second-order valence-corrected chi connectivity index (χ2v) is 17.1. The normalized spacial score (nSPS) is 16.4. The molecule has 336 valence electrons. The number of para-hydroxylation sites is 2. The lowest BCUT2D eigenvalue weighted by Gasteiger charge is -2.38. The molecule has 0 saturated carbocycles. The van der Waals surface area contributed by atoms with Gasteiger partial charge in [0.15, 0.2) is 6.29 Å². The van der Waals surface area contributed by atoms with E-state index in [9.17, 15) is 14.7 Å². The number of unbranched alkanes of at least 4 members (excludes halogenated alkanes) is 11. The van der Waals surface area contributed by atoms with Gasteiger partial charge in [-0.05, 0) is 90.9 Å². The van der Waals surface area contributed by atoms with Gasteiger partial charge in [0.2, 0.25) is 11.8 Å². The van der Waals surface area contributed by atoms with Crippen molar-refractivity contribution in [2.45, 2.75) is 155 Å². The zero-order chi connectivity index (χ0) is 43.8. The van der Waals surface area contributed by atoms with Gasteiger partial charge in [0.1, 0.15) is 0 Å². The molecule has 1 saturated heterocycles. The van der Waals surface area contributed by atoms with Crippen molar-refractivity contribution in [1.29, 1.82) is 0 Å². The summed E-state index contributed by atoms with van der Waals surface area (Å²) in [5.74, 6) is -0.146. The molecule has 62 heavy (non-hydrogen) atoms. The second-order valence-electron chi connectivity index (χ2n) is 17.1. The van der Waals surface area contributed by atoms with E-state index in [0.717, 1.165) is 59.4 Å². The van der Waals surface area contributed by atoms with Gasteiger partial charge in [0, 0.05) is 37.9 Å². The Morgan fingerprint density at radius 2 is 1.29 bits per heavy atom. The summed E-state index contributed by atoms with van der Waals surface area (Å²) in [4.78, 5) is 27.8. The van der Waals surface area contributed by atoms with E-state index in [-0.39, 0.29) is 30.6 Å². The van der Waals surface area contributed by atoms with Gasteiger partial charge in [-0.25, -0.2) is 0 Å². The molecule has 1 heterocycles. The summed E-state index contributed by atoms with van der Waals surface area (Å²) in [6.45, 7) is 8.05. The number of benzene rings is 4. The van der Waals surface area contributed by atoms with Gasteiger partial charge in [-0.15, -0.1) is 0 Å². The van der Waals surface area contributed by atoms with Crippen LogP contribution in [0.25, 0.3) is 11.1 Å². The van der Waals surface area contributed by atoms with Crippen molar-refractivity contribution in [3.8, 4) is 11.1 Å². The van der Waals surface area contributed by atoms with Crippen LogP contribution in [-0.4, -0.2) is 47.6 Å². The molecule has 0 bridgehead atoms. The van der Waals surface area contributed by atoms with Gasteiger partial charge in [0.05, 0.1) is 30.2 Å². The van der Waals surface area contributed by atoms with Gasteiger partial charge in [-0.1, -0.05) is 151 Å². The summed E-state index contributed by atoms with van der Waals surface area (Å²) < 4.78 is 13.7. The summed E-state index contributed by atoms with van der Waals surface area (Å²) in [7, 11) is 0. The van der Waals surface area contributed by atoms with Gasteiger partial charge in [0.25, 0.3) is 0 Å². The fraction of sp³-hybridized carbons (Fsp3) is 0.509. The van der Waals surface area contributed by atoms with Gasteiger partial charge in [-0.2, -0.15) is 0 Å². The van der Waals surface area contributed by atoms with E-state index >= 15 is 0 Å². The van der Waals surface area contributed by atoms with Gasteiger partial charge < -0.3 is 35.8 Å². The quantitative estimate of drug-likeness (QED) is 0.0331. The highest BCUT2D eigenvalue weighted by Crippen LogP contribution is 2.39. The van der Waals surface area contributed by atoms with Crippen LogP contribution in [-0.2, 0) is 32.2 Å². The molecule has 4 aromatic rings. The van der Waals surface area contributed by atoms with Crippen molar-refractivity contribution in [3.63, 3.8) is 0 Å². The van der Waals surface area contributed by atoms with Crippen LogP contribution in [0.5, 0.6) is 0 Å². The molecule has 0 aromatic heterocycles. The third-order valence-electron chi connectivity index (χ3n) is 11.9. The molecule has 3 atom stereocenters. The average molecular weight is 847 g/mol. The predicted molar refractivity (Wildman–Crippen MR) is 253 cm³/mol. The maximum Gasteiger partial charge on any atom is 0.224 e. The molecule has 2 amide bonds. The Balaban J connectivity index is 1.20. The molecule has 0 spiro atoms. The third-order valence-corrected chi connectivity index (χ3v) is 11.9. The zero-order valence-electron chi connectivity index (χ0n) is 37.6. The van der Waals surface area contributed by atoms with E-state index in [1.807, 2.05) is 36.4 Å². The maximum atomic E-state index is 12.8. The number of ether oxygens (including phenoxy) is 2.